The predicted octanol–water partition coefficient (Wildman–Crippen LogP) is -1.06. The first kappa shape index (κ1) is 45.6. The van der Waals surface area contributed by atoms with Crippen LogP contribution >= 0.6 is 0 Å². The van der Waals surface area contributed by atoms with Gasteiger partial charge in [-0.25, -0.2) is 6.57 Å². The summed E-state index contributed by atoms with van der Waals surface area (Å²) in [4.78, 5) is 32.8. The monoisotopic (exact) mass is 209 g/mol. The van der Waals surface area contributed by atoms with Crippen LogP contribution in [-0.4, -0.2) is 34.2 Å². The van der Waals surface area contributed by atoms with Crippen molar-refractivity contribution in [2.24, 2.45) is 0 Å². The molecule has 0 saturated heterocycles. The average molecular weight is 209 g/mol. The molecule has 0 spiro atoms. The minimum Gasteiger partial charge on any atom is -0.320 e. The summed E-state index contributed by atoms with van der Waals surface area (Å²) in [7, 11) is 1.42. The molecule has 8 radical (unpaired) electrons. The van der Waals surface area contributed by atoms with E-state index in [1.807, 2.05) is 0 Å². The SMILES string of the molecule is [C-]#[N+]C.[C]=O.[C]=O.[C]=O.[C]=O.[Fe]. The Morgan fingerprint density at radius 2 is 0.833 bits per heavy atom. The Morgan fingerprint density at radius 1 is 0.833 bits per heavy atom. The molecule has 0 bridgehead atoms. The number of carbonyl (C=O) groups excluding carboxylic acids is 4. The fourth-order valence-corrected chi connectivity index (χ4v) is 0. The van der Waals surface area contributed by atoms with Gasteiger partial charge in [-0.15, -0.1) is 0 Å². The van der Waals surface area contributed by atoms with E-state index in [9.17, 15) is 0 Å². The van der Waals surface area contributed by atoms with Crippen molar-refractivity contribution < 1.29 is 36.2 Å². The van der Waals surface area contributed by atoms with Crippen LogP contribution in [-0.2, 0) is 36.2 Å². The standard InChI is InChI=1S/C2H3N.4CO.Fe/c1-3-2;4*1-2;/h1H3;;;;;. The molecule has 12 heavy (non-hydrogen) atoms. The van der Waals surface area contributed by atoms with Gasteiger partial charge in [0, 0.05) is 17.1 Å². The maximum Gasteiger partial charge on any atom is 0.281 e. The van der Waals surface area contributed by atoms with Crippen molar-refractivity contribution in [2.45, 2.75) is 0 Å². The van der Waals surface area contributed by atoms with Crippen molar-refractivity contribution in [3.63, 3.8) is 0 Å². The fourth-order valence-electron chi connectivity index (χ4n) is 0. The molecular weight excluding hydrogens is 206 g/mol. The minimum absolute atomic E-state index is 0. The largest absolute Gasteiger partial charge is 0.320 e. The maximum absolute atomic E-state index is 7.50. The van der Waals surface area contributed by atoms with Gasteiger partial charge >= 0.3 is 0 Å². The molecule has 0 heterocycles. The molecule has 0 aromatic rings. The van der Waals surface area contributed by atoms with Crippen LogP contribution in [0.4, 0.5) is 0 Å². The third-order valence-corrected chi connectivity index (χ3v) is 0. The van der Waals surface area contributed by atoms with Gasteiger partial charge in [-0.3, -0.25) is 19.2 Å². The molecule has 5 nitrogen and oxygen atoms in total. The Labute approximate surface area is 82.4 Å². The summed E-state index contributed by atoms with van der Waals surface area (Å²) in [6, 6.07) is 0. The first-order chi connectivity index (χ1) is 5.41. The van der Waals surface area contributed by atoms with Gasteiger partial charge in [-0.05, 0) is 0 Å². The van der Waals surface area contributed by atoms with Gasteiger partial charge in [-0.1, -0.05) is 0 Å². The molecule has 0 rings (SSSR count). The molecule has 6 heteroatoms. The fraction of sp³-hybridized carbons (Fsp3) is 0.167. The van der Waals surface area contributed by atoms with Gasteiger partial charge in [0.25, 0.3) is 27.2 Å². The summed E-state index contributed by atoms with van der Waals surface area (Å²) in [6.07, 6.45) is 0. The van der Waals surface area contributed by atoms with Gasteiger partial charge < -0.3 is 4.85 Å². The number of hydrogen-bond acceptors (Lipinski definition) is 4. The zero-order chi connectivity index (χ0) is 10.7. The normalized spacial score (nSPS) is 2.00. The molecule has 0 aromatic heterocycles. The zero-order valence-electron chi connectivity index (χ0n) is 5.93. The van der Waals surface area contributed by atoms with Crippen LogP contribution in [0, 0.1) is 6.57 Å². The smallest absolute Gasteiger partial charge is 0.281 e. The van der Waals surface area contributed by atoms with E-state index in [0.717, 1.165) is 0 Å². The van der Waals surface area contributed by atoms with Crippen molar-refractivity contribution in [3.05, 3.63) is 11.4 Å². The average Bonchev–Trinajstić information content (AvgIpc) is 2.18. The molecule has 0 aromatic carbocycles. The van der Waals surface area contributed by atoms with Crippen LogP contribution in [0.1, 0.15) is 0 Å². The van der Waals surface area contributed by atoms with Gasteiger partial charge in [-0.2, -0.15) is 0 Å². The van der Waals surface area contributed by atoms with E-state index in [-0.39, 0.29) is 17.1 Å². The summed E-state index contributed by atoms with van der Waals surface area (Å²) in [6.45, 7) is 23.8. The van der Waals surface area contributed by atoms with Gasteiger partial charge in [0.05, 0.1) is 0 Å². The second kappa shape index (κ2) is 7590. The molecular formula is C6H3FeNO4. The molecule has 0 aliphatic rings. The molecule has 0 atom stereocenters. The van der Waals surface area contributed by atoms with E-state index in [2.05, 4.69) is 32.0 Å². The van der Waals surface area contributed by atoms with Crippen molar-refractivity contribution >= 4 is 27.2 Å². The quantitative estimate of drug-likeness (QED) is 0.376. The Morgan fingerprint density at radius 3 is 0.833 bits per heavy atom. The van der Waals surface area contributed by atoms with E-state index in [1.165, 1.54) is 7.05 Å². The maximum atomic E-state index is 7.50. The summed E-state index contributed by atoms with van der Waals surface area (Å²) >= 11 is 0. The number of nitrogens with zero attached hydrogens (tertiary/aromatic N) is 1. The van der Waals surface area contributed by atoms with Gasteiger partial charge in [0.1, 0.15) is 0 Å². The Hall–Kier alpha value is -1.31. The van der Waals surface area contributed by atoms with E-state index in [1.54, 1.807) is 0 Å². The molecule has 0 saturated carbocycles. The van der Waals surface area contributed by atoms with Crippen molar-refractivity contribution in [2.75, 3.05) is 7.05 Å². The van der Waals surface area contributed by atoms with Crippen molar-refractivity contribution in [1.82, 2.24) is 0 Å². The molecule has 0 amide bonds. The predicted molar refractivity (Wildman–Crippen MR) is 35.3 cm³/mol. The van der Waals surface area contributed by atoms with Crippen LogP contribution in [0.25, 0.3) is 4.85 Å². The second-order valence-corrected chi connectivity index (χ2v) is 0.224. The van der Waals surface area contributed by atoms with Crippen LogP contribution in [0.2, 0.25) is 0 Å². The zero-order valence-corrected chi connectivity index (χ0v) is 7.04. The molecule has 0 aliphatic heterocycles. The first-order valence-corrected chi connectivity index (χ1v) is 1.49. The minimum atomic E-state index is 0. The Bertz CT molecular complexity index is 68.4. The number of rotatable bonds is 0. The first-order valence-electron chi connectivity index (χ1n) is 1.49. The van der Waals surface area contributed by atoms with Crippen molar-refractivity contribution in [1.29, 1.82) is 0 Å². The molecule has 0 unspecified atom stereocenters. The van der Waals surface area contributed by atoms with Crippen LogP contribution in [0.15, 0.2) is 0 Å². The van der Waals surface area contributed by atoms with Crippen LogP contribution < -0.4 is 0 Å². The third-order valence-electron chi connectivity index (χ3n) is 0. The van der Waals surface area contributed by atoms with E-state index in [0.29, 0.717) is 0 Å². The summed E-state index contributed by atoms with van der Waals surface area (Å²) < 4.78 is 0. The summed E-state index contributed by atoms with van der Waals surface area (Å²) in [5, 5.41) is 0. The molecule has 0 fully saturated rings. The van der Waals surface area contributed by atoms with Gasteiger partial charge in [0.2, 0.25) is 7.05 Å². The van der Waals surface area contributed by atoms with Crippen molar-refractivity contribution in [3.8, 4) is 0 Å². The molecule has 0 N–H and O–H groups in total. The van der Waals surface area contributed by atoms with E-state index < -0.39 is 0 Å². The summed E-state index contributed by atoms with van der Waals surface area (Å²) in [5.74, 6) is 0. The second-order valence-electron chi connectivity index (χ2n) is 0.224. The van der Waals surface area contributed by atoms with Crippen LogP contribution in [0.3, 0.4) is 0 Å². The molecule has 0 aliphatic carbocycles. The molecule has 64 valence electrons. The van der Waals surface area contributed by atoms with Crippen LogP contribution in [0.5, 0.6) is 0 Å². The third kappa shape index (κ3) is 299. The van der Waals surface area contributed by atoms with E-state index >= 15 is 0 Å². The number of hydrogen-bond donors (Lipinski definition) is 0. The topological polar surface area (TPSA) is 72.6 Å². The Kier molecular flexibility index (Phi) is 28900. The summed E-state index contributed by atoms with van der Waals surface area (Å²) in [5.41, 5.74) is 0. The van der Waals surface area contributed by atoms with Gasteiger partial charge in [0.15, 0.2) is 0 Å². The van der Waals surface area contributed by atoms with E-state index in [4.69, 9.17) is 25.8 Å². The Balaban J connectivity index is -0.00000000933.